The lowest BCUT2D eigenvalue weighted by atomic mass is 9.91. The highest BCUT2D eigenvalue weighted by atomic mass is 16.6. The van der Waals surface area contributed by atoms with E-state index in [-0.39, 0.29) is 12.1 Å². The Labute approximate surface area is 138 Å². The van der Waals surface area contributed by atoms with Crippen LogP contribution in [0.4, 0.5) is 4.79 Å². The molecule has 7 nitrogen and oxygen atoms in total. The molecule has 1 amide bonds. The zero-order chi connectivity index (χ0) is 16.7. The van der Waals surface area contributed by atoms with Crippen LogP contribution in [0, 0.1) is 0 Å². The van der Waals surface area contributed by atoms with Crippen LogP contribution in [0.5, 0.6) is 0 Å². The van der Waals surface area contributed by atoms with E-state index < -0.39 is 5.60 Å². The van der Waals surface area contributed by atoms with Crippen molar-refractivity contribution in [3.8, 4) is 0 Å². The fourth-order valence-electron chi connectivity index (χ4n) is 2.88. The topological polar surface area (TPSA) is 81.1 Å². The summed E-state index contributed by atoms with van der Waals surface area (Å²) >= 11 is 0. The van der Waals surface area contributed by atoms with Crippen molar-refractivity contribution in [3.63, 3.8) is 0 Å². The van der Waals surface area contributed by atoms with Gasteiger partial charge in [-0.15, -0.1) is 5.10 Å². The lowest BCUT2D eigenvalue weighted by Crippen LogP contribution is -2.45. The normalized spacial score (nSPS) is 21.9. The highest BCUT2D eigenvalue weighted by Crippen LogP contribution is 2.19. The van der Waals surface area contributed by atoms with Crippen LogP contribution >= 0.6 is 0 Å². The molecule has 2 atom stereocenters. The quantitative estimate of drug-likeness (QED) is 0.784. The minimum Gasteiger partial charge on any atom is -0.444 e. The Morgan fingerprint density at radius 3 is 2.83 bits per heavy atom. The van der Waals surface area contributed by atoms with Gasteiger partial charge in [-0.25, -0.2) is 4.79 Å². The van der Waals surface area contributed by atoms with Gasteiger partial charge in [-0.05, 0) is 59.4 Å². The molecule has 1 aliphatic rings. The smallest absolute Gasteiger partial charge is 0.407 e. The van der Waals surface area contributed by atoms with Crippen LogP contribution in [0.2, 0.25) is 0 Å². The molecule has 2 rings (SSSR count). The first-order valence-corrected chi connectivity index (χ1v) is 8.49. The highest BCUT2D eigenvalue weighted by Gasteiger charge is 2.25. The summed E-state index contributed by atoms with van der Waals surface area (Å²) in [5.74, 6) is 0. The fourth-order valence-corrected chi connectivity index (χ4v) is 2.88. The summed E-state index contributed by atoms with van der Waals surface area (Å²) in [5.41, 5.74) is -0.447. The fraction of sp³-hybridized carbons (Fsp3) is 0.812. The minimum atomic E-state index is -0.447. The summed E-state index contributed by atoms with van der Waals surface area (Å²) in [6.07, 6.45) is 8.55. The molecule has 2 N–H and O–H groups in total. The highest BCUT2D eigenvalue weighted by molar-refractivity contribution is 5.68. The molecular weight excluding hydrogens is 294 g/mol. The Kier molecular flexibility index (Phi) is 6.38. The minimum absolute atomic E-state index is 0.200. The Balaban J connectivity index is 1.63. The van der Waals surface area contributed by atoms with Gasteiger partial charge in [0.05, 0.1) is 6.20 Å². The van der Waals surface area contributed by atoms with Crippen molar-refractivity contribution in [1.29, 1.82) is 0 Å². The molecule has 1 fully saturated rings. The summed E-state index contributed by atoms with van der Waals surface area (Å²) in [4.78, 5) is 11.9. The number of carbonyl (C=O) groups excluding carboxylic acids is 1. The van der Waals surface area contributed by atoms with E-state index in [0.717, 1.165) is 45.2 Å². The number of nitrogens with zero attached hydrogens (tertiary/aromatic N) is 3. The number of hydrogen-bond donors (Lipinski definition) is 2. The number of aryl methyl sites for hydroxylation is 1. The molecular formula is C16H29N5O2. The second kappa shape index (κ2) is 8.29. The van der Waals surface area contributed by atoms with Crippen molar-refractivity contribution in [1.82, 2.24) is 25.6 Å². The third kappa shape index (κ3) is 6.99. The Hall–Kier alpha value is -1.63. The molecule has 1 heterocycles. The first-order chi connectivity index (χ1) is 10.9. The summed E-state index contributed by atoms with van der Waals surface area (Å²) in [6, 6.07) is 0.658. The summed E-state index contributed by atoms with van der Waals surface area (Å²) < 4.78 is 7.17. The largest absolute Gasteiger partial charge is 0.444 e. The van der Waals surface area contributed by atoms with E-state index in [1.54, 1.807) is 6.20 Å². The zero-order valence-corrected chi connectivity index (χ0v) is 14.4. The average molecular weight is 323 g/mol. The van der Waals surface area contributed by atoms with Gasteiger partial charge in [0.1, 0.15) is 5.60 Å². The predicted molar refractivity (Wildman–Crippen MR) is 88.1 cm³/mol. The summed E-state index contributed by atoms with van der Waals surface area (Å²) in [5, 5.41) is 14.3. The number of nitrogens with one attached hydrogen (secondary N) is 2. The lowest BCUT2D eigenvalue weighted by Gasteiger charge is -2.31. The van der Waals surface area contributed by atoms with Crippen LogP contribution in [0.15, 0.2) is 12.4 Å². The van der Waals surface area contributed by atoms with Crippen LogP contribution in [0.25, 0.3) is 0 Å². The number of ether oxygens (including phenoxy) is 1. The molecule has 0 aliphatic heterocycles. The van der Waals surface area contributed by atoms with Crippen LogP contribution in [-0.4, -0.2) is 45.3 Å². The molecule has 7 heteroatoms. The first-order valence-electron chi connectivity index (χ1n) is 8.49. The maximum atomic E-state index is 11.9. The van der Waals surface area contributed by atoms with Gasteiger partial charge in [0, 0.05) is 24.8 Å². The molecule has 1 aliphatic carbocycles. The molecule has 23 heavy (non-hydrogen) atoms. The molecule has 130 valence electrons. The second-order valence-electron chi connectivity index (χ2n) is 7.18. The van der Waals surface area contributed by atoms with E-state index in [1.807, 2.05) is 31.6 Å². The molecule has 1 saturated carbocycles. The number of alkyl carbamates (subject to hydrolysis) is 1. The van der Waals surface area contributed by atoms with Gasteiger partial charge >= 0.3 is 6.09 Å². The van der Waals surface area contributed by atoms with E-state index in [4.69, 9.17) is 4.74 Å². The Morgan fingerprint density at radius 2 is 2.13 bits per heavy atom. The van der Waals surface area contributed by atoms with Crippen molar-refractivity contribution in [2.24, 2.45) is 0 Å². The van der Waals surface area contributed by atoms with Gasteiger partial charge in [-0.1, -0.05) is 5.21 Å². The van der Waals surface area contributed by atoms with Crippen molar-refractivity contribution in [2.45, 2.75) is 77.1 Å². The zero-order valence-electron chi connectivity index (χ0n) is 14.4. The van der Waals surface area contributed by atoms with Gasteiger partial charge < -0.3 is 15.4 Å². The van der Waals surface area contributed by atoms with Gasteiger partial charge in [-0.3, -0.25) is 4.68 Å². The number of hydrogen-bond acceptors (Lipinski definition) is 5. The monoisotopic (exact) mass is 323 g/mol. The van der Waals surface area contributed by atoms with Crippen LogP contribution in [0.1, 0.15) is 52.9 Å². The second-order valence-corrected chi connectivity index (χ2v) is 7.18. The standard InChI is InChI=1S/C16H29N5O2/c1-16(2,3)23-15(22)19-14-7-4-6-13(12-14)17-8-5-10-21-11-9-18-20-21/h9,11,13-14,17H,4-8,10,12H2,1-3H3,(H,19,22). The van der Waals surface area contributed by atoms with Crippen molar-refractivity contribution >= 4 is 6.09 Å². The van der Waals surface area contributed by atoms with E-state index in [1.165, 1.54) is 0 Å². The lowest BCUT2D eigenvalue weighted by molar-refractivity contribution is 0.0488. The molecule has 0 saturated heterocycles. The Morgan fingerprint density at radius 1 is 1.35 bits per heavy atom. The van der Waals surface area contributed by atoms with Gasteiger partial charge in [0.25, 0.3) is 0 Å². The third-order valence-electron chi connectivity index (χ3n) is 3.86. The third-order valence-corrected chi connectivity index (χ3v) is 3.86. The van der Waals surface area contributed by atoms with Crippen LogP contribution in [0.3, 0.4) is 0 Å². The van der Waals surface area contributed by atoms with Crippen molar-refractivity contribution in [2.75, 3.05) is 6.54 Å². The molecule has 1 aromatic heterocycles. The number of aromatic nitrogens is 3. The van der Waals surface area contributed by atoms with Crippen LogP contribution in [-0.2, 0) is 11.3 Å². The van der Waals surface area contributed by atoms with Crippen molar-refractivity contribution < 1.29 is 9.53 Å². The average Bonchev–Trinajstić information content (AvgIpc) is 2.95. The maximum absolute atomic E-state index is 11.9. The van der Waals surface area contributed by atoms with Gasteiger partial charge in [-0.2, -0.15) is 0 Å². The molecule has 0 aromatic carbocycles. The van der Waals surface area contributed by atoms with E-state index in [9.17, 15) is 4.79 Å². The number of carbonyl (C=O) groups is 1. The summed E-state index contributed by atoms with van der Waals surface area (Å²) in [6.45, 7) is 7.47. The molecule has 0 radical (unpaired) electrons. The molecule has 0 bridgehead atoms. The van der Waals surface area contributed by atoms with E-state index in [0.29, 0.717) is 6.04 Å². The SMILES string of the molecule is CC(C)(C)OC(=O)NC1CCCC(NCCCn2ccnn2)C1. The van der Waals surface area contributed by atoms with Gasteiger partial charge in [0.15, 0.2) is 0 Å². The van der Waals surface area contributed by atoms with Crippen LogP contribution < -0.4 is 10.6 Å². The van der Waals surface area contributed by atoms with Crippen molar-refractivity contribution in [3.05, 3.63) is 12.4 Å². The first kappa shape index (κ1) is 17.7. The van der Waals surface area contributed by atoms with E-state index in [2.05, 4.69) is 20.9 Å². The molecule has 0 spiro atoms. The van der Waals surface area contributed by atoms with E-state index >= 15 is 0 Å². The predicted octanol–water partition coefficient (Wildman–Crippen LogP) is 2.09. The summed E-state index contributed by atoms with van der Waals surface area (Å²) in [7, 11) is 0. The molecule has 1 aromatic rings. The van der Waals surface area contributed by atoms with Gasteiger partial charge in [0.2, 0.25) is 0 Å². The molecule has 2 unspecified atom stereocenters. The Bertz CT molecular complexity index is 469. The number of amides is 1. The maximum Gasteiger partial charge on any atom is 0.407 e. The number of rotatable bonds is 6.